The maximum atomic E-state index is 10.9. The summed E-state index contributed by atoms with van der Waals surface area (Å²) in [6.45, 7) is -0.281. The third kappa shape index (κ3) is 4.35. The van der Waals surface area contributed by atoms with Crippen molar-refractivity contribution >= 4 is 37.8 Å². The van der Waals surface area contributed by atoms with Crippen LogP contribution in [0.4, 0.5) is 0 Å². The number of aliphatic hydroxyl groups is 4. The molecular weight excluding hydrogens is 420 g/mol. The van der Waals surface area contributed by atoms with Gasteiger partial charge in [-0.25, -0.2) is 4.79 Å². The van der Waals surface area contributed by atoms with Crippen molar-refractivity contribution in [1.82, 2.24) is 0 Å². The monoisotopic (exact) mass is 436 g/mol. The van der Waals surface area contributed by atoms with Gasteiger partial charge in [0.2, 0.25) is 0 Å². The quantitative estimate of drug-likeness (QED) is 0.309. The fraction of sp³-hybridized carbons (Fsp3) is 0.909. The Labute approximate surface area is 137 Å². The minimum atomic E-state index is -1.76. The molecule has 1 fully saturated rings. The highest BCUT2D eigenvalue weighted by Gasteiger charge is 2.48. The van der Waals surface area contributed by atoms with Crippen molar-refractivity contribution in [1.29, 1.82) is 0 Å². The highest BCUT2D eigenvalue weighted by Crippen LogP contribution is 2.27. The molecule has 0 saturated carbocycles. The van der Waals surface area contributed by atoms with Crippen LogP contribution in [0.1, 0.15) is 0 Å². The smallest absolute Gasteiger partial charge is 0.335 e. The lowest BCUT2D eigenvalue weighted by molar-refractivity contribution is -0.298. The van der Waals surface area contributed by atoms with Crippen LogP contribution in [0, 0.1) is 5.41 Å². The van der Waals surface area contributed by atoms with Crippen LogP contribution < -0.4 is 0 Å². The van der Waals surface area contributed by atoms with Gasteiger partial charge in [-0.05, 0) is 0 Å². The molecule has 1 heterocycles. The molecule has 124 valence electrons. The van der Waals surface area contributed by atoms with Gasteiger partial charge < -0.3 is 35.0 Å². The first-order chi connectivity index (χ1) is 9.81. The number of alkyl halides is 2. The highest BCUT2D eigenvalue weighted by molar-refractivity contribution is 9.09. The van der Waals surface area contributed by atoms with Crippen molar-refractivity contribution in [3.63, 3.8) is 0 Å². The van der Waals surface area contributed by atoms with E-state index in [2.05, 4.69) is 31.9 Å². The number of ether oxygens (including phenoxy) is 2. The number of carbonyl (C=O) groups is 1. The fourth-order valence-electron chi connectivity index (χ4n) is 1.69. The van der Waals surface area contributed by atoms with Gasteiger partial charge in [-0.1, -0.05) is 31.9 Å². The number of rotatable bonds is 7. The molecule has 0 amide bonds. The summed E-state index contributed by atoms with van der Waals surface area (Å²) in [5.41, 5.74) is -0.692. The minimum absolute atomic E-state index is 0.0586. The van der Waals surface area contributed by atoms with Crippen molar-refractivity contribution in [3.05, 3.63) is 0 Å². The van der Waals surface area contributed by atoms with Crippen molar-refractivity contribution in [2.75, 3.05) is 23.9 Å². The first kappa shape index (κ1) is 19.2. The van der Waals surface area contributed by atoms with Crippen molar-refractivity contribution < 1.29 is 39.8 Å². The summed E-state index contributed by atoms with van der Waals surface area (Å²) in [7, 11) is 0. The second-order valence-corrected chi connectivity index (χ2v) is 6.09. The molecule has 1 aliphatic heterocycles. The van der Waals surface area contributed by atoms with Gasteiger partial charge in [0.1, 0.15) is 18.3 Å². The van der Waals surface area contributed by atoms with E-state index in [4.69, 9.17) is 14.6 Å². The van der Waals surface area contributed by atoms with Gasteiger partial charge >= 0.3 is 5.97 Å². The number of carboxylic acids is 1. The number of carboxylic acid groups (broad SMARTS) is 1. The molecule has 1 rings (SSSR count). The standard InChI is InChI=1S/C11H18Br2O8/c12-1-11(2-13,3-14)4-20-10-7(17)5(15)6(16)8(21-10)9(18)19/h5-8,10,14-17H,1-4H2,(H,18,19)/t5-,6-,7+,8-,10-/m0/s1. The van der Waals surface area contributed by atoms with E-state index in [1.807, 2.05) is 0 Å². The van der Waals surface area contributed by atoms with Crippen molar-refractivity contribution in [2.24, 2.45) is 5.41 Å². The zero-order valence-corrected chi connectivity index (χ0v) is 14.1. The number of aliphatic hydroxyl groups excluding tert-OH is 4. The van der Waals surface area contributed by atoms with E-state index in [1.165, 1.54) is 0 Å². The fourth-order valence-corrected chi connectivity index (χ4v) is 3.30. The Morgan fingerprint density at radius 1 is 1.14 bits per heavy atom. The van der Waals surface area contributed by atoms with Gasteiger partial charge in [0.05, 0.1) is 13.2 Å². The number of halogens is 2. The molecule has 21 heavy (non-hydrogen) atoms. The summed E-state index contributed by atoms with van der Waals surface area (Å²) in [5, 5.41) is 48.0. The van der Waals surface area contributed by atoms with E-state index in [1.54, 1.807) is 0 Å². The molecular formula is C11H18Br2O8. The van der Waals surface area contributed by atoms with E-state index in [0.717, 1.165) is 0 Å². The highest BCUT2D eigenvalue weighted by atomic mass is 79.9. The Hall–Kier alpha value is 0.190. The zero-order chi connectivity index (χ0) is 16.2. The van der Waals surface area contributed by atoms with Gasteiger partial charge in [-0.3, -0.25) is 0 Å². The Balaban J connectivity index is 2.75. The maximum absolute atomic E-state index is 10.9. The molecule has 0 aromatic carbocycles. The predicted molar refractivity (Wildman–Crippen MR) is 77.4 cm³/mol. The molecule has 0 unspecified atom stereocenters. The molecule has 5 atom stereocenters. The summed E-state index contributed by atoms with van der Waals surface area (Å²) < 4.78 is 10.3. The van der Waals surface area contributed by atoms with Crippen LogP contribution in [-0.4, -0.2) is 86.1 Å². The molecule has 1 saturated heterocycles. The third-order valence-electron chi connectivity index (χ3n) is 3.27. The molecule has 0 radical (unpaired) electrons. The largest absolute Gasteiger partial charge is 0.479 e. The van der Waals surface area contributed by atoms with E-state index < -0.39 is 42.1 Å². The molecule has 0 aromatic heterocycles. The van der Waals surface area contributed by atoms with Gasteiger partial charge in [-0.15, -0.1) is 0 Å². The van der Waals surface area contributed by atoms with E-state index in [-0.39, 0.29) is 13.2 Å². The second kappa shape index (κ2) is 8.16. The van der Waals surface area contributed by atoms with Crippen LogP contribution in [0.3, 0.4) is 0 Å². The van der Waals surface area contributed by atoms with Crippen LogP contribution in [0.15, 0.2) is 0 Å². The molecule has 0 bridgehead atoms. The van der Waals surface area contributed by atoms with Crippen LogP contribution >= 0.6 is 31.9 Å². The van der Waals surface area contributed by atoms with E-state index in [0.29, 0.717) is 10.7 Å². The molecule has 1 aliphatic rings. The average molecular weight is 438 g/mol. The summed E-state index contributed by atoms with van der Waals surface area (Å²) in [4.78, 5) is 10.9. The van der Waals surface area contributed by atoms with Crippen LogP contribution in [-0.2, 0) is 14.3 Å². The summed E-state index contributed by atoms with van der Waals surface area (Å²) in [5.74, 6) is -1.48. The molecule has 10 heteroatoms. The molecule has 0 aromatic rings. The van der Waals surface area contributed by atoms with Gasteiger partial charge in [0, 0.05) is 16.1 Å². The second-order valence-electron chi connectivity index (χ2n) is 4.97. The molecule has 5 N–H and O–H groups in total. The number of hydrogen-bond donors (Lipinski definition) is 5. The van der Waals surface area contributed by atoms with Gasteiger partial charge in [0.25, 0.3) is 0 Å². The Morgan fingerprint density at radius 3 is 2.14 bits per heavy atom. The Kier molecular flexibility index (Phi) is 7.47. The topological polar surface area (TPSA) is 137 Å². The van der Waals surface area contributed by atoms with E-state index in [9.17, 15) is 25.2 Å². The lowest BCUT2D eigenvalue weighted by Gasteiger charge is -2.40. The first-order valence-electron chi connectivity index (χ1n) is 6.09. The third-order valence-corrected chi connectivity index (χ3v) is 5.65. The van der Waals surface area contributed by atoms with Crippen molar-refractivity contribution in [2.45, 2.75) is 30.7 Å². The SMILES string of the molecule is O=C(O)[C@H]1O[C@H](OCC(CO)(CBr)CBr)[C@H](O)[C@@H](O)[C@@H]1O. The van der Waals surface area contributed by atoms with Crippen LogP contribution in [0.2, 0.25) is 0 Å². The average Bonchev–Trinajstić information content (AvgIpc) is 2.48. The molecule has 0 spiro atoms. The molecule has 0 aliphatic carbocycles. The normalized spacial score (nSPS) is 33.9. The summed E-state index contributed by atoms with van der Waals surface area (Å²) >= 11 is 6.47. The lowest BCUT2D eigenvalue weighted by atomic mass is 9.95. The van der Waals surface area contributed by atoms with E-state index >= 15 is 0 Å². The summed E-state index contributed by atoms with van der Waals surface area (Å²) in [6.07, 6.45) is -8.19. The number of aliphatic carboxylic acids is 1. The summed E-state index contributed by atoms with van der Waals surface area (Å²) in [6, 6.07) is 0. The van der Waals surface area contributed by atoms with Crippen molar-refractivity contribution in [3.8, 4) is 0 Å². The maximum Gasteiger partial charge on any atom is 0.335 e. The van der Waals surface area contributed by atoms with Gasteiger partial charge in [-0.2, -0.15) is 0 Å². The Bertz CT molecular complexity index is 343. The Morgan fingerprint density at radius 2 is 1.71 bits per heavy atom. The predicted octanol–water partition coefficient (Wildman–Crippen LogP) is -1.34. The number of hydrogen-bond acceptors (Lipinski definition) is 7. The zero-order valence-electron chi connectivity index (χ0n) is 10.9. The minimum Gasteiger partial charge on any atom is -0.479 e. The lowest BCUT2D eigenvalue weighted by Crippen LogP contribution is -2.60. The first-order valence-corrected chi connectivity index (χ1v) is 8.33. The van der Waals surface area contributed by atoms with Crippen LogP contribution in [0.5, 0.6) is 0 Å². The van der Waals surface area contributed by atoms with Crippen LogP contribution in [0.25, 0.3) is 0 Å². The molecule has 8 nitrogen and oxygen atoms in total. The van der Waals surface area contributed by atoms with Gasteiger partial charge in [0.15, 0.2) is 12.4 Å².